The minimum atomic E-state index is -0.0776. The zero-order chi connectivity index (χ0) is 13.6. The number of carbonyl (C=O) groups is 1. The third-order valence-corrected chi connectivity index (χ3v) is 4.13. The van der Waals surface area contributed by atoms with Crippen molar-refractivity contribution in [2.45, 2.75) is 52.9 Å². The van der Waals surface area contributed by atoms with E-state index in [1.807, 2.05) is 11.9 Å². The molecule has 0 aromatic carbocycles. The number of hydrogen-bond donors (Lipinski definition) is 1. The van der Waals surface area contributed by atoms with Gasteiger partial charge in [-0.2, -0.15) is 0 Å². The van der Waals surface area contributed by atoms with Gasteiger partial charge < -0.3 is 10.2 Å². The summed E-state index contributed by atoms with van der Waals surface area (Å²) in [5.74, 6) is 1.04. The fourth-order valence-corrected chi connectivity index (χ4v) is 2.91. The zero-order valence-electron chi connectivity index (χ0n) is 12.6. The van der Waals surface area contributed by atoms with E-state index in [4.69, 9.17) is 0 Å². The Morgan fingerprint density at radius 1 is 1.33 bits per heavy atom. The van der Waals surface area contributed by atoms with Gasteiger partial charge in [-0.3, -0.25) is 4.79 Å². The Bertz CT molecular complexity index is 252. The van der Waals surface area contributed by atoms with Gasteiger partial charge in [0, 0.05) is 13.6 Å². The quantitative estimate of drug-likeness (QED) is 0.790. The summed E-state index contributed by atoms with van der Waals surface area (Å²) in [4.78, 5) is 14.7. The highest BCUT2D eigenvalue weighted by molar-refractivity contribution is 5.82. The first kappa shape index (κ1) is 15.5. The summed E-state index contributed by atoms with van der Waals surface area (Å²) < 4.78 is 0. The predicted molar refractivity (Wildman–Crippen MR) is 76.5 cm³/mol. The van der Waals surface area contributed by atoms with E-state index in [-0.39, 0.29) is 5.41 Å². The Morgan fingerprint density at radius 3 is 2.44 bits per heavy atom. The van der Waals surface area contributed by atoms with Crippen molar-refractivity contribution in [3.63, 3.8) is 0 Å². The molecule has 18 heavy (non-hydrogen) atoms. The fraction of sp³-hybridized carbons (Fsp3) is 0.933. The highest BCUT2D eigenvalue weighted by atomic mass is 16.2. The minimum Gasteiger partial charge on any atom is -0.345 e. The molecular formula is C15H30N2O. The SMILES string of the molecule is CCCC1(C(=O)N(C)CCC(C)C)CCNCC1. The molecule has 1 fully saturated rings. The van der Waals surface area contributed by atoms with Crippen molar-refractivity contribution in [2.24, 2.45) is 11.3 Å². The first-order chi connectivity index (χ1) is 8.52. The number of hydrogen-bond acceptors (Lipinski definition) is 2. The van der Waals surface area contributed by atoms with Crippen LogP contribution in [0.15, 0.2) is 0 Å². The van der Waals surface area contributed by atoms with Crippen LogP contribution in [-0.2, 0) is 4.79 Å². The summed E-state index contributed by atoms with van der Waals surface area (Å²) in [6, 6.07) is 0. The monoisotopic (exact) mass is 254 g/mol. The van der Waals surface area contributed by atoms with E-state index in [0.717, 1.165) is 51.7 Å². The van der Waals surface area contributed by atoms with E-state index in [1.54, 1.807) is 0 Å². The molecule has 1 N–H and O–H groups in total. The average molecular weight is 254 g/mol. The van der Waals surface area contributed by atoms with Crippen LogP contribution in [0, 0.1) is 11.3 Å². The number of rotatable bonds is 6. The molecule has 1 amide bonds. The van der Waals surface area contributed by atoms with Gasteiger partial charge in [-0.05, 0) is 44.7 Å². The number of nitrogens with zero attached hydrogens (tertiary/aromatic N) is 1. The summed E-state index contributed by atoms with van der Waals surface area (Å²) in [6.45, 7) is 9.49. The second-order valence-electron chi connectivity index (χ2n) is 6.19. The number of nitrogens with one attached hydrogen (secondary N) is 1. The zero-order valence-corrected chi connectivity index (χ0v) is 12.6. The van der Waals surface area contributed by atoms with Gasteiger partial charge in [-0.15, -0.1) is 0 Å². The molecule has 0 unspecified atom stereocenters. The van der Waals surface area contributed by atoms with Crippen LogP contribution in [0.1, 0.15) is 52.9 Å². The Kier molecular flexibility index (Phi) is 6.13. The fourth-order valence-electron chi connectivity index (χ4n) is 2.91. The minimum absolute atomic E-state index is 0.0776. The lowest BCUT2D eigenvalue weighted by Crippen LogP contribution is -2.48. The van der Waals surface area contributed by atoms with Gasteiger partial charge in [-0.1, -0.05) is 27.2 Å². The maximum absolute atomic E-state index is 12.7. The maximum Gasteiger partial charge on any atom is 0.228 e. The van der Waals surface area contributed by atoms with Crippen molar-refractivity contribution < 1.29 is 4.79 Å². The molecule has 0 atom stereocenters. The van der Waals surface area contributed by atoms with Crippen LogP contribution in [0.4, 0.5) is 0 Å². The van der Waals surface area contributed by atoms with E-state index in [0.29, 0.717) is 11.8 Å². The van der Waals surface area contributed by atoms with Crippen LogP contribution in [-0.4, -0.2) is 37.5 Å². The van der Waals surface area contributed by atoms with E-state index < -0.39 is 0 Å². The van der Waals surface area contributed by atoms with Gasteiger partial charge in [0.25, 0.3) is 0 Å². The van der Waals surface area contributed by atoms with Gasteiger partial charge in [0.15, 0.2) is 0 Å². The Morgan fingerprint density at radius 2 is 1.94 bits per heavy atom. The summed E-state index contributed by atoms with van der Waals surface area (Å²) >= 11 is 0. The van der Waals surface area contributed by atoms with Crippen molar-refractivity contribution in [2.75, 3.05) is 26.7 Å². The van der Waals surface area contributed by atoms with E-state index in [1.165, 1.54) is 0 Å². The maximum atomic E-state index is 12.7. The largest absolute Gasteiger partial charge is 0.345 e. The third-order valence-electron chi connectivity index (χ3n) is 4.13. The Balaban J connectivity index is 2.63. The smallest absolute Gasteiger partial charge is 0.228 e. The highest BCUT2D eigenvalue weighted by Crippen LogP contribution is 2.35. The van der Waals surface area contributed by atoms with Crippen molar-refractivity contribution in [1.29, 1.82) is 0 Å². The standard InChI is InChI=1S/C15H30N2O/c1-5-7-15(8-10-16-11-9-15)14(18)17(4)12-6-13(2)3/h13,16H,5-12H2,1-4H3. The van der Waals surface area contributed by atoms with Crippen LogP contribution >= 0.6 is 0 Å². The molecule has 0 aliphatic carbocycles. The number of piperidine rings is 1. The molecule has 3 heteroatoms. The van der Waals surface area contributed by atoms with Crippen LogP contribution in [0.3, 0.4) is 0 Å². The molecule has 1 rings (SSSR count). The van der Waals surface area contributed by atoms with Gasteiger partial charge in [0.2, 0.25) is 5.91 Å². The van der Waals surface area contributed by atoms with Gasteiger partial charge >= 0.3 is 0 Å². The molecule has 3 nitrogen and oxygen atoms in total. The summed E-state index contributed by atoms with van der Waals surface area (Å²) in [6.07, 6.45) is 5.25. The lowest BCUT2D eigenvalue weighted by molar-refractivity contribution is -0.143. The van der Waals surface area contributed by atoms with Crippen LogP contribution in [0.5, 0.6) is 0 Å². The third kappa shape index (κ3) is 3.98. The summed E-state index contributed by atoms with van der Waals surface area (Å²) in [5.41, 5.74) is -0.0776. The molecule has 1 aliphatic heterocycles. The molecule has 0 aromatic heterocycles. The first-order valence-corrected chi connectivity index (χ1v) is 7.48. The number of carbonyl (C=O) groups excluding carboxylic acids is 1. The van der Waals surface area contributed by atoms with Crippen molar-refractivity contribution in [1.82, 2.24) is 10.2 Å². The topological polar surface area (TPSA) is 32.3 Å². The van der Waals surface area contributed by atoms with Crippen molar-refractivity contribution in [3.05, 3.63) is 0 Å². The average Bonchev–Trinajstić information content (AvgIpc) is 2.36. The van der Waals surface area contributed by atoms with E-state index >= 15 is 0 Å². The second kappa shape index (κ2) is 7.13. The van der Waals surface area contributed by atoms with Gasteiger partial charge in [0.05, 0.1) is 5.41 Å². The van der Waals surface area contributed by atoms with Crippen molar-refractivity contribution >= 4 is 5.91 Å². The van der Waals surface area contributed by atoms with Crippen LogP contribution in [0.25, 0.3) is 0 Å². The van der Waals surface area contributed by atoms with Crippen LogP contribution in [0.2, 0.25) is 0 Å². The molecule has 1 aliphatic rings. The second-order valence-corrected chi connectivity index (χ2v) is 6.19. The predicted octanol–water partition coefficient (Wildman–Crippen LogP) is 2.66. The van der Waals surface area contributed by atoms with Gasteiger partial charge in [0.1, 0.15) is 0 Å². The lowest BCUT2D eigenvalue weighted by Gasteiger charge is -2.39. The first-order valence-electron chi connectivity index (χ1n) is 7.48. The van der Waals surface area contributed by atoms with Crippen LogP contribution < -0.4 is 5.32 Å². The normalized spacial score (nSPS) is 18.9. The Labute approximate surface area is 112 Å². The molecule has 1 saturated heterocycles. The molecule has 0 bridgehead atoms. The summed E-state index contributed by atoms with van der Waals surface area (Å²) in [5, 5.41) is 3.37. The molecule has 0 saturated carbocycles. The molecule has 106 valence electrons. The molecule has 0 aromatic rings. The molecule has 0 spiro atoms. The van der Waals surface area contributed by atoms with E-state index in [9.17, 15) is 4.79 Å². The summed E-state index contributed by atoms with van der Waals surface area (Å²) in [7, 11) is 1.98. The molecule has 1 heterocycles. The van der Waals surface area contributed by atoms with E-state index in [2.05, 4.69) is 26.1 Å². The van der Waals surface area contributed by atoms with Crippen molar-refractivity contribution in [3.8, 4) is 0 Å². The van der Waals surface area contributed by atoms with Gasteiger partial charge in [-0.25, -0.2) is 0 Å². The molecule has 0 radical (unpaired) electrons. The number of amides is 1. The Hall–Kier alpha value is -0.570. The highest BCUT2D eigenvalue weighted by Gasteiger charge is 2.40. The molecular weight excluding hydrogens is 224 g/mol. The lowest BCUT2D eigenvalue weighted by atomic mass is 9.74.